The molecular weight excluding hydrogens is 220 g/mol. The van der Waals surface area contributed by atoms with E-state index in [1.54, 1.807) is 0 Å². The minimum absolute atomic E-state index is 0.247. The third-order valence-electron chi connectivity index (χ3n) is 2.34. The average molecular weight is 234 g/mol. The van der Waals surface area contributed by atoms with E-state index in [9.17, 15) is 0 Å². The first kappa shape index (κ1) is 11.4. The first-order valence-corrected chi connectivity index (χ1v) is 5.39. The number of hydrogen-bond acceptors (Lipinski definition) is 6. The topological polar surface area (TPSA) is 78.6 Å². The van der Waals surface area contributed by atoms with E-state index < -0.39 is 0 Å². The Morgan fingerprint density at radius 1 is 1.24 bits per heavy atom. The maximum Gasteiger partial charge on any atom is 0.234 e. The van der Waals surface area contributed by atoms with Crippen LogP contribution in [0.5, 0.6) is 5.88 Å². The molecule has 90 valence electrons. The average Bonchev–Trinajstić information content (AvgIpc) is 2.79. The highest BCUT2D eigenvalue weighted by Gasteiger charge is 2.05. The van der Waals surface area contributed by atoms with Gasteiger partial charge in [-0.1, -0.05) is 0 Å². The van der Waals surface area contributed by atoms with Crippen molar-refractivity contribution in [3.8, 4) is 5.88 Å². The zero-order valence-corrected chi connectivity index (χ0v) is 10.1. The molecule has 0 aliphatic rings. The van der Waals surface area contributed by atoms with Gasteiger partial charge in [0.2, 0.25) is 11.7 Å². The smallest absolute Gasteiger partial charge is 0.234 e. The van der Waals surface area contributed by atoms with Gasteiger partial charge in [0, 0.05) is 6.07 Å². The van der Waals surface area contributed by atoms with Crippen LogP contribution in [0.2, 0.25) is 0 Å². The first-order chi connectivity index (χ1) is 8.19. The summed E-state index contributed by atoms with van der Waals surface area (Å²) < 4.78 is 5.43. The fraction of sp³-hybridized carbons (Fsp3) is 0.500. The number of rotatable bonds is 4. The van der Waals surface area contributed by atoms with Gasteiger partial charge in [0.15, 0.2) is 6.61 Å². The molecule has 0 aliphatic carbocycles. The second-order valence-corrected chi connectivity index (χ2v) is 3.63. The molecule has 17 heavy (non-hydrogen) atoms. The quantitative estimate of drug-likeness (QED) is 0.774. The predicted octanol–water partition coefficient (Wildman–Crippen LogP) is 0.679. The molecule has 0 saturated carbocycles. The summed E-state index contributed by atoms with van der Waals surface area (Å²) in [7, 11) is 0. The summed E-state index contributed by atoms with van der Waals surface area (Å²) >= 11 is 0. The summed E-state index contributed by atoms with van der Waals surface area (Å²) in [4.78, 5) is 1.50. The van der Waals surface area contributed by atoms with Gasteiger partial charge in [0.1, 0.15) is 0 Å². The maximum atomic E-state index is 5.43. The molecule has 0 aliphatic heterocycles. The normalized spacial score (nSPS) is 10.5. The van der Waals surface area contributed by atoms with E-state index in [2.05, 4.69) is 25.6 Å². The SMILES string of the molecule is CCn1nnc(COc2cc(C)c(C)nn2)n1. The van der Waals surface area contributed by atoms with Crippen molar-refractivity contribution in [2.24, 2.45) is 0 Å². The van der Waals surface area contributed by atoms with Gasteiger partial charge >= 0.3 is 0 Å². The Kier molecular flexibility index (Phi) is 3.27. The molecule has 0 unspecified atom stereocenters. The zero-order valence-electron chi connectivity index (χ0n) is 10.1. The summed E-state index contributed by atoms with van der Waals surface area (Å²) in [6, 6.07) is 1.84. The van der Waals surface area contributed by atoms with E-state index in [-0.39, 0.29) is 6.61 Å². The Bertz CT molecular complexity index is 509. The van der Waals surface area contributed by atoms with Crippen LogP contribution in [0.25, 0.3) is 0 Å². The third kappa shape index (κ3) is 2.74. The second-order valence-electron chi connectivity index (χ2n) is 3.63. The number of aryl methyl sites for hydroxylation is 3. The van der Waals surface area contributed by atoms with Crippen LogP contribution in [-0.4, -0.2) is 30.4 Å². The van der Waals surface area contributed by atoms with E-state index in [0.29, 0.717) is 18.2 Å². The van der Waals surface area contributed by atoms with Crippen LogP contribution in [0, 0.1) is 13.8 Å². The predicted molar refractivity (Wildman–Crippen MR) is 59.3 cm³/mol. The molecule has 0 N–H and O–H groups in total. The summed E-state index contributed by atoms with van der Waals surface area (Å²) in [5.74, 6) is 1.01. The first-order valence-electron chi connectivity index (χ1n) is 5.39. The molecule has 0 saturated heterocycles. The Hall–Kier alpha value is -2.05. The minimum Gasteiger partial charge on any atom is -0.468 e. The van der Waals surface area contributed by atoms with Crippen LogP contribution in [-0.2, 0) is 13.2 Å². The zero-order chi connectivity index (χ0) is 12.3. The lowest BCUT2D eigenvalue weighted by Gasteiger charge is -2.03. The molecule has 0 atom stereocenters. The van der Waals surface area contributed by atoms with E-state index in [1.807, 2.05) is 26.8 Å². The highest BCUT2D eigenvalue weighted by molar-refractivity contribution is 5.21. The van der Waals surface area contributed by atoms with Gasteiger partial charge in [0.05, 0.1) is 12.2 Å². The highest BCUT2D eigenvalue weighted by Crippen LogP contribution is 2.10. The van der Waals surface area contributed by atoms with E-state index in [0.717, 1.165) is 11.3 Å². The van der Waals surface area contributed by atoms with Gasteiger partial charge in [-0.05, 0) is 31.5 Å². The molecule has 0 bridgehead atoms. The number of tetrazole rings is 1. The monoisotopic (exact) mass is 234 g/mol. The number of nitrogens with zero attached hydrogens (tertiary/aromatic N) is 6. The summed E-state index contributed by atoms with van der Waals surface area (Å²) in [6.07, 6.45) is 0. The van der Waals surface area contributed by atoms with E-state index >= 15 is 0 Å². The van der Waals surface area contributed by atoms with Crippen molar-refractivity contribution in [1.82, 2.24) is 30.4 Å². The fourth-order valence-electron chi connectivity index (χ4n) is 1.20. The molecule has 0 spiro atoms. The highest BCUT2D eigenvalue weighted by atomic mass is 16.5. The fourth-order valence-corrected chi connectivity index (χ4v) is 1.20. The van der Waals surface area contributed by atoms with Crippen molar-refractivity contribution in [3.63, 3.8) is 0 Å². The summed E-state index contributed by atoms with van der Waals surface area (Å²) in [5.41, 5.74) is 1.94. The molecule has 2 heterocycles. The molecule has 0 radical (unpaired) electrons. The van der Waals surface area contributed by atoms with Crippen LogP contribution in [0.1, 0.15) is 24.0 Å². The van der Waals surface area contributed by atoms with Gasteiger partial charge in [-0.3, -0.25) is 0 Å². The molecule has 0 amide bonds. The maximum absolute atomic E-state index is 5.43. The van der Waals surface area contributed by atoms with Gasteiger partial charge in [-0.25, -0.2) is 0 Å². The van der Waals surface area contributed by atoms with Gasteiger partial charge in [-0.2, -0.15) is 9.90 Å². The molecular formula is C10H14N6O. The van der Waals surface area contributed by atoms with Crippen molar-refractivity contribution >= 4 is 0 Å². The van der Waals surface area contributed by atoms with Gasteiger partial charge in [-0.15, -0.1) is 15.3 Å². The molecule has 7 heteroatoms. The van der Waals surface area contributed by atoms with Crippen molar-refractivity contribution < 1.29 is 4.74 Å². The molecule has 2 aromatic rings. The van der Waals surface area contributed by atoms with Crippen molar-refractivity contribution in [1.29, 1.82) is 0 Å². The van der Waals surface area contributed by atoms with Crippen molar-refractivity contribution in [2.45, 2.75) is 33.9 Å². The standard InChI is InChI=1S/C10H14N6O/c1-4-16-14-9(12-15-16)6-17-10-5-7(2)8(3)11-13-10/h5H,4,6H2,1-3H3. The van der Waals surface area contributed by atoms with Gasteiger partial charge < -0.3 is 4.74 Å². The molecule has 2 rings (SSSR count). The van der Waals surface area contributed by atoms with E-state index in [1.165, 1.54) is 4.80 Å². The van der Waals surface area contributed by atoms with E-state index in [4.69, 9.17) is 4.74 Å². The number of aromatic nitrogens is 6. The lowest BCUT2D eigenvalue weighted by Crippen LogP contribution is -2.03. The minimum atomic E-state index is 0.247. The van der Waals surface area contributed by atoms with Crippen LogP contribution in [0.4, 0.5) is 0 Å². The molecule has 7 nitrogen and oxygen atoms in total. The van der Waals surface area contributed by atoms with Crippen LogP contribution >= 0.6 is 0 Å². The van der Waals surface area contributed by atoms with Crippen molar-refractivity contribution in [3.05, 3.63) is 23.1 Å². The van der Waals surface area contributed by atoms with Gasteiger partial charge in [0.25, 0.3) is 0 Å². The third-order valence-corrected chi connectivity index (χ3v) is 2.34. The van der Waals surface area contributed by atoms with Crippen LogP contribution < -0.4 is 4.74 Å². The van der Waals surface area contributed by atoms with Crippen LogP contribution in [0.15, 0.2) is 6.07 Å². The Labute approximate surface area is 98.8 Å². The molecule has 2 aromatic heterocycles. The summed E-state index contributed by atoms with van der Waals surface area (Å²) in [5, 5.41) is 19.7. The Morgan fingerprint density at radius 2 is 2.06 bits per heavy atom. The molecule has 0 fully saturated rings. The molecule has 0 aromatic carbocycles. The Balaban J connectivity index is 1.99. The number of ether oxygens (including phenoxy) is 1. The Morgan fingerprint density at radius 3 is 2.71 bits per heavy atom. The lowest BCUT2D eigenvalue weighted by atomic mass is 10.2. The second kappa shape index (κ2) is 4.86. The largest absolute Gasteiger partial charge is 0.468 e. The van der Waals surface area contributed by atoms with Crippen molar-refractivity contribution in [2.75, 3.05) is 0 Å². The lowest BCUT2D eigenvalue weighted by molar-refractivity contribution is 0.279. The van der Waals surface area contributed by atoms with Crippen LogP contribution in [0.3, 0.4) is 0 Å². The summed E-state index contributed by atoms with van der Waals surface area (Å²) in [6.45, 7) is 6.75. The number of hydrogen-bond donors (Lipinski definition) is 0.